The third-order valence-electron chi connectivity index (χ3n) is 4.97. The maximum absolute atomic E-state index is 12.8. The molecule has 2 heterocycles. The number of benzene rings is 1. The van der Waals surface area contributed by atoms with Crippen LogP contribution in [-0.4, -0.2) is 57.0 Å². The molecule has 0 spiro atoms. The summed E-state index contributed by atoms with van der Waals surface area (Å²) in [6, 6.07) is 7.53. The maximum atomic E-state index is 12.8. The molecule has 0 saturated carbocycles. The third-order valence-corrected chi connectivity index (χ3v) is 6.80. The monoisotopic (exact) mass is 435 g/mol. The van der Waals surface area contributed by atoms with Gasteiger partial charge in [-0.05, 0) is 25.0 Å². The van der Waals surface area contributed by atoms with Gasteiger partial charge in [-0.3, -0.25) is 4.99 Å². The number of sulfonamides is 1. The molecule has 0 aliphatic carbocycles. The van der Waals surface area contributed by atoms with Crippen LogP contribution in [-0.2, 0) is 33.6 Å². The molecular formula is C20H29N5O4S. The first-order valence-electron chi connectivity index (χ1n) is 9.89. The topological polar surface area (TPSA) is 109 Å². The molecule has 1 aromatic carbocycles. The average Bonchev–Trinajstić information content (AvgIpc) is 3.07. The van der Waals surface area contributed by atoms with Gasteiger partial charge in [0.25, 0.3) is 0 Å². The highest BCUT2D eigenvalue weighted by Crippen LogP contribution is 2.16. The van der Waals surface area contributed by atoms with Crippen molar-refractivity contribution in [1.82, 2.24) is 19.9 Å². The molecule has 3 rings (SSSR count). The number of hydrogen-bond donors (Lipinski definition) is 2. The Morgan fingerprint density at radius 1 is 1.13 bits per heavy atom. The number of ether oxygens (including phenoxy) is 1. The van der Waals surface area contributed by atoms with Crippen molar-refractivity contribution in [3.63, 3.8) is 0 Å². The Balaban J connectivity index is 1.60. The molecule has 0 radical (unpaired) electrons. The van der Waals surface area contributed by atoms with E-state index in [9.17, 15) is 8.42 Å². The summed E-state index contributed by atoms with van der Waals surface area (Å²) in [6.45, 7) is 6.30. The van der Waals surface area contributed by atoms with Gasteiger partial charge in [0.05, 0.1) is 31.2 Å². The molecule has 2 aromatic rings. The molecule has 1 aliphatic heterocycles. The largest absolute Gasteiger partial charge is 0.444 e. The quantitative estimate of drug-likeness (QED) is 0.499. The van der Waals surface area contributed by atoms with Crippen LogP contribution in [0.2, 0.25) is 0 Å². The number of aryl methyl sites for hydroxylation is 2. The van der Waals surface area contributed by atoms with E-state index < -0.39 is 10.0 Å². The lowest BCUT2D eigenvalue weighted by molar-refractivity contribution is 0.0729. The summed E-state index contributed by atoms with van der Waals surface area (Å²) in [5.41, 5.74) is 2.54. The summed E-state index contributed by atoms with van der Waals surface area (Å²) < 4.78 is 37.9. The second-order valence-corrected chi connectivity index (χ2v) is 9.03. The van der Waals surface area contributed by atoms with Gasteiger partial charge in [-0.15, -0.1) is 0 Å². The molecular weight excluding hydrogens is 406 g/mol. The summed E-state index contributed by atoms with van der Waals surface area (Å²) in [5, 5.41) is 6.38. The molecule has 0 unspecified atom stereocenters. The molecule has 30 heavy (non-hydrogen) atoms. The first-order valence-corrected chi connectivity index (χ1v) is 11.5. The van der Waals surface area contributed by atoms with E-state index in [4.69, 9.17) is 9.15 Å². The zero-order valence-corrected chi connectivity index (χ0v) is 18.5. The second-order valence-electron chi connectivity index (χ2n) is 7.06. The number of nitrogens with one attached hydrogen (secondary N) is 2. The zero-order chi connectivity index (χ0) is 21.6. The Labute approximate surface area is 177 Å². The summed E-state index contributed by atoms with van der Waals surface area (Å²) >= 11 is 0. The van der Waals surface area contributed by atoms with E-state index in [-0.39, 0.29) is 5.75 Å². The van der Waals surface area contributed by atoms with Crippen LogP contribution in [0.25, 0.3) is 0 Å². The normalized spacial score (nSPS) is 15.9. The molecule has 0 bridgehead atoms. The first kappa shape index (κ1) is 22.3. The molecule has 1 fully saturated rings. The van der Waals surface area contributed by atoms with Gasteiger partial charge in [-0.1, -0.05) is 24.3 Å². The fraction of sp³-hybridized carbons (Fsp3) is 0.500. The van der Waals surface area contributed by atoms with Gasteiger partial charge in [-0.25, -0.2) is 13.4 Å². The van der Waals surface area contributed by atoms with Crippen LogP contribution in [0.5, 0.6) is 0 Å². The van der Waals surface area contributed by atoms with Gasteiger partial charge in [0.15, 0.2) is 5.96 Å². The Kier molecular flexibility index (Phi) is 7.46. The van der Waals surface area contributed by atoms with Crippen LogP contribution < -0.4 is 10.6 Å². The number of aliphatic imine (C=N–C) groups is 1. The maximum Gasteiger partial charge on any atom is 0.218 e. The van der Waals surface area contributed by atoms with Crippen molar-refractivity contribution in [2.45, 2.75) is 32.7 Å². The number of morpholine rings is 1. The van der Waals surface area contributed by atoms with E-state index in [0.29, 0.717) is 51.2 Å². The van der Waals surface area contributed by atoms with Gasteiger partial charge >= 0.3 is 0 Å². The molecule has 0 atom stereocenters. The molecule has 1 aromatic heterocycles. The molecule has 1 saturated heterocycles. The van der Waals surface area contributed by atoms with Crippen molar-refractivity contribution in [1.29, 1.82) is 0 Å². The fourth-order valence-corrected chi connectivity index (χ4v) is 4.72. The van der Waals surface area contributed by atoms with Crippen LogP contribution >= 0.6 is 0 Å². The molecule has 9 nitrogen and oxygen atoms in total. The van der Waals surface area contributed by atoms with Crippen molar-refractivity contribution in [2.75, 3.05) is 33.4 Å². The van der Waals surface area contributed by atoms with Crippen molar-refractivity contribution in [3.8, 4) is 0 Å². The van der Waals surface area contributed by atoms with Crippen LogP contribution in [0.4, 0.5) is 0 Å². The number of guanidine groups is 1. The highest BCUT2D eigenvalue weighted by atomic mass is 32.2. The van der Waals surface area contributed by atoms with Gasteiger partial charge in [0, 0.05) is 26.7 Å². The number of rotatable bonds is 7. The molecule has 164 valence electrons. The highest BCUT2D eigenvalue weighted by molar-refractivity contribution is 7.88. The highest BCUT2D eigenvalue weighted by Gasteiger charge is 2.25. The average molecular weight is 436 g/mol. The van der Waals surface area contributed by atoms with E-state index >= 15 is 0 Å². The number of hydrogen-bond acceptors (Lipinski definition) is 6. The Bertz CT molecular complexity index is 961. The fourth-order valence-electron chi connectivity index (χ4n) is 3.16. The van der Waals surface area contributed by atoms with Gasteiger partial charge in [-0.2, -0.15) is 4.31 Å². The number of nitrogens with zero attached hydrogens (tertiary/aromatic N) is 3. The number of oxazole rings is 1. The van der Waals surface area contributed by atoms with Gasteiger partial charge in [0.2, 0.25) is 15.9 Å². The zero-order valence-electron chi connectivity index (χ0n) is 17.6. The molecule has 0 amide bonds. The summed E-state index contributed by atoms with van der Waals surface area (Å²) in [6.07, 6.45) is 0. The third kappa shape index (κ3) is 5.80. The molecule has 1 aliphatic rings. The van der Waals surface area contributed by atoms with Gasteiger partial charge in [0.1, 0.15) is 5.76 Å². The van der Waals surface area contributed by atoms with Gasteiger partial charge < -0.3 is 19.8 Å². The Hall–Kier alpha value is -2.43. The van der Waals surface area contributed by atoms with E-state index in [2.05, 4.69) is 20.6 Å². The minimum atomic E-state index is -3.39. The van der Waals surface area contributed by atoms with Crippen LogP contribution in [0.15, 0.2) is 33.7 Å². The first-order chi connectivity index (χ1) is 14.4. The van der Waals surface area contributed by atoms with E-state index in [1.165, 1.54) is 4.31 Å². The number of aromatic nitrogens is 1. The SMILES string of the molecule is CN=C(NCc1nc(C)c(C)o1)NCc1ccccc1CS(=O)(=O)N1CCOCC1. The molecule has 10 heteroatoms. The van der Waals surface area contributed by atoms with Crippen molar-refractivity contribution >= 4 is 16.0 Å². The second kappa shape index (κ2) is 10.1. The van der Waals surface area contributed by atoms with Crippen molar-refractivity contribution in [2.24, 2.45) is 4.99 Å². The smallest absolute Gasteiger partial charge is 0.218 e. The lowest BCUT2D eigenvalue weighted by Gasteiger charge is -2.26. The van der Waals surface area contributed by atoms with Crippen LogP contribution in [0.3, 0.4) is 0 Å². The Morgan fingerprint density at radius 2 is 1.80 bits per heavy atom. The Morgan fingerprint density at radius 3 is 2.43 bits per heavy atom. The van der Waals surface area contributed by atoms with E-state index in [0.717, 1.165) is 22.6 Å². The van der Waals surface area contributed by atoms with Crippen LogP contribution in [0.1, 0.15) is 28.5 Å². The van der Waals surface area contributed by atoms with Crippen molar-refractivity contribution < 1.29 is 17.6 Å². The molecule has 2 N–H and O–H groups in total. The minimum Gasteiger partial charge on any atom is -0.444 e. The lowest BCUT2D eigenvalue weighted by Crippen LogP contribution is -2.41. The lowest BCUT2D eigenvalue weighted by atomic mass is 10.1. The predicted octanol–water partition coefficient (Wildman–Crippen LogP) is 1.32. The van der Waals surface area contributed by atoms with E-state index in [1.807, 2.05) is 38.1 Å². The summed E-state index contributed by atoms with van der Waals surface area (Å²) in [4.78, 5) is 8.55. The standard InChI is InChI=1S/C20H29N5O4S/c1-15-16(2)29-19(24-15)13-23-20(21-3)22-12-17-6-4-5-7-18(17)14-30(26,27)25-8-10-28-11-9-25/h4-7H,8-14H2,1-3H3,(H2,21,22,23). The summed E-state index contributed by atoms with van der Waals surface area (Å²) in [5.74, 6) is 1.93. The van der Waals surface area contributed by atoms with E-state index in [1.54, 1.807) is 7.05 Å². The predicted molar refractivity (Wildman–Crippen MR) is 114 cm³/mol. The van der Waals surface area contributed by atoms with Crippen molar-refractivity contribution in [3.05, 3.63) is 52.7 Å². The summed E-state index contributed by atoms with van der Waals surface area (Å²) in [7, 11) is -1.72. The minimum absolute atomic E-state index is 0.0360. The van der Waals surface area contributed by atoms with Crippen LogP contribution in [0, 0.1) is 13.8 Å².